The van der Waals surface area contributed by atoms with Gasteiger partial charge in [0.25, 0.3) is 0 Å². The van der Waals surface area contributed by atoms with Gasteiger partial charge < -0.3 is 15.1 Å². The quantitative estimate of drug-likeness (QED) is 0.841. The molecule has 0 aliphatic carbocycles. The Morgan fingerprint density at radius 2 is 1.95 bits per heavy atom. The molecular formula is C14H17Cl2N3O2. The molecule has 1 saturated heterocycles. The van der Waals surface area contributed by atoms with Crippen molar-refractivity contribution in [3.05, 3.63) is 28.2 Å². The summed E-state index contributed by atoms with van der Waals surface area (Å²) in [6, 6.07) is 5.16. The first kappa shape index (κ1) is 15.9. The van der Waals surface area contributed by atoms with Gasteiger partial charge in [0, 0.05) is 44.2 Å². The van der Waals surface area contributed by atoms with Crippen LogP contribution in [0.15, 0.2) is 18.2 Å². The molecule has 0 radical (unpaired) electrons. The molecular weight excluding hydrogens is 313 g/mol. The Bertz CT molecular complexity index is 517. The number of carbonyl (C=O) groups is 2. The highest BCUT2D eigenvalue weighted by Gasteiger charge is 2.19. The van der Waals surface area contributed by atoms with E-state index >= 15 is 0 Å². The maximum Gasteiger partial charge on any atom is 0.224 e. The van der Waals surface area contributed by atoms with Crippen LogP contribution in [0.25, 0.3) is 0 Å². The molecule has 1 N–H and O–H groups in total. The molecule has 0 spiro atoms. The molecule has 0 atom stereocenters. The third kappa shape index (κ3) is 4.51. The molecule has 1 aromatic rings. The number of piperazine rings is 1. The molecule has 0 unspecified atom stereocenters. The van der Waals surface area contributed by atoms with Gasteiger partial charge in [0.1, 0.15) is 0 Å². The predicted octanol–water partition coefficient (Wildman–Crippen LogP) is 2.10. The lowest BCUT2D eigenvalue weighted by Crippen LogP contribution is -2.48. The number of hydrogen-bond acceptors (Lipinski definition) is 3. The largest absolute Gasteiger partial charge is 0.383 e. The Labute approximate surface area is 133 Å². The van der Waals surface area contributed by atoms with Gasteiger partial charge >= 0.3 is 0 Å². The van der Waals surface area contributed by atoms with Crippen LogP contribution in [-0.4, -0.2) is 54.8 Å². The number of halogens is 2. The average molecular weight is 330 g/mol. The second-order valence-corrected chi connectivity index (χ2v) is 5.67. The Kier molecular flexibility index (Phi) is 5.70. The minimum atomic E-state index is 0.0752. The minimum Gasteiger partial charge on any atom is -0.383 e. The van der Waals surface area contributed by atoms with Crippen molar-refractivity contribution in [1.29, 1.82) is 0 Å². The molecule has 2 amide bonds. The van der Waals surface area contributed by atoms with E-state index in [1.165, 1.54) is 0 Å². The second kappa shape index (κ2) is 7.52. The van der Waals surface area contributed by atoms with Gasteiger partial charge in [-0.1, -0.05) is 23.2 Å². The summed E-state index contributed by atoms with van der Waals surface area (Å²) in [4.78, 5) is 26.1. The fourth-order valence-electron chi connectivity index (χ4n) is 2.17. The van der Waals surface area contributed by atoms with E-state index in [4.69, 9.17) is 23.2 Å². The zero-order valence-corrected chi connectivity index (χ0v) is 13.0. The first-order chi connectivity index (χ1) is 10.1. The van der Waals surface area contributed by atoms with E-state index in [2.05, 4.69) is 5.32 Å². The fraction of sp³-hybridized carbons (Fsp3) is 0.429. The predicted molar refractivity (Wildman–Crippen MR) is 83.8 cm³/mol. The van der Waals surface area contributed by atoms with Crippen LogP contribution in [-0.2, 0) is 9.59 Å². The lowest BCUT2D eigenvalue weighted by Gasteiger charge is -2.32. The molecule has 7 heteroatoms. The zero-order valence-electron chi connectivity index (χ0n) is 11.5. The van der Waals surface area contributed by atoms with Crippen molar-refractivity contribution >= 4 is 41.2 Å². The summed E-state index contributed by atoms with van der Waals surface area (Å²) in [6.07, 6.45) is 1.20. The molecule has 0 bridgehead atoms. The molecule has 1 aliphatic heterocycles. The van der Waals surface area contributed by atoms with E-state index in [1.54, 1.807) is 28.0 Å². The number of hydrogen-bond donors (Lipinski definition) is 1. The number of amides is 2. The van der Waals surface area contributed by atoms with E-state index in [9.17, 15) is 9.59 Å². The summed E-state index contributed by atoms with van der Waals surface area (Å²) in [5.41, 5.74) is 0.725. The van der Waals surface area contributed by atoms with E-state index in [0.717, 1.165) is 12.1 Å². The smallest absolute Gasteiger partial charge is 0.224 e. The minimum absolute atomic E-state index is 0.0752. The van der Waals surface area contributed by atoms with Crippen LogP contribution in [0.1, 0.15) is 6.42 Å². The number of nitrogens with zero attached hydrogens (tertiary/aromatic N) is 2. The molecule has 2 rings (SSSR count). The molecule has 1 aliphatic rings. The average Bonchev–Trinajstić information content (AvgIpc) is 2.50. The van der Waals surface area contributed by atoms with Crippen LogP contribution < -0.4 is 5.32 Å². The van der Waals surface area contributed by atoms with E-state index in [0.29, 0.717) is 49.2 Å². The number of nitrogens with one attached hydrogen (secondary N) is 1. The fourth-order valence-corrected chi connectivity index (χ4v) is 2.53. The highest BCUT2D eigenvalue weighted by molar-refractivity contribution is 6.35. The number of benzene rings is 1. The van der Waals surface area contributed by atoms with Crippen molar-refractivity contribution in [2.75, 3.05) is 38.0 Å². The van der Waals surface area contributed by atoms with Gasteiger partial charge in [0.05, 0.1) is 10.7 Å². The molecule has 0 saturated carbocycles. The van der Waals surface area contributed by atoms with Crippen molar-refractivity contribution in [3.63, 3.8) is 0 Å². The van der Waals surface area contributed by atoms with Crippen LogP contribution in [0.5, 0.6) is 0 Å². The maximum atomic E-state index is 12.1. The third-order valence-corrected chi connectivity index (χ3v) is 3.96. The molecule has 5 nitrogen and oxygen atoms in total. The van der Waals surface area contributed by atoms with Crippen molar-refractivity contribution in [2.24, 2.45) is 0 Å². The van der Waals surface area contributed by atoms with Crippen molar-refractivity contribution < 1.29 is 9.59 Å². The standard InChI is InChI=1S/C14H17Cl2N3O2/c15-11-1-2-12(16)13(9-11)17-4-3-14(21)19-7-5-18(10-20)6-8-19/h1-2,9-10,17H,3-8H2. The lowest BCUT2D eigenvalue weighted by molar-refractivity contribution is -0.134. The SMILES string of the molecule is O=CN1CCN(C(=O)CCNc2cc(Cl)ccc2Cl)CC1. The number of rotatable bonds is 5. The summed E-state index contributed by atoms with van der Waals surface area (Å²) >= 11 is 11.9. The normalized spacial score (nSPS) is 15.0. The van der Waals surface area contributed by atoms with Crippen LogP contribution in [0.2, 0.25) is 10.0 Å². The molecule has 1 aromatic carbocycles. The van der Waals surface area contributed by atoms with E-state index in [1.807, 2.05) is 0 Å². The third-order valence-electron chi connectivity index (χ3n) is 3.40. The highest BCUT2D eigenvalue weighted by Crippen LogP contribution is 2.25. The summed E-state index contributed by atoms with van der Waals surface area (Å²) in [5.74, 6) is 0.0752. The maximum absolute atomic E-state index is 12.1. The number of carbonyl (C=O) groups excluding carboxylic acids is 2. The van der Waals surface area contributed by atoms with E-state index < -0.39 is 0 Å². The molecule has 0 aromatic heterocycles. The first-order valence-corrected chi connectivity index (χ1v) is 7.52. The van der Waals surface area contributed by atoms with Gasteiger partial charge in [0.2, 0.25) is 12.3 Å². The Morgan fingerprint density at radius 3 is 2.62 bits per heavy atom. The summed E-state index contributed by atoms with van der Waals surface area (Å²) in [6.45, 7) is 2.88. The summed E-state index contributed by atoms with van der Waals surface area (Å²) in [7, 11) is 0. The van der Waals surface area contributed by atoms with Gasteiger partial charge in [-0.3, -0.25) is 9.59 Å². The van der Waals surface area contributed by atoms with Crippen molar-refractivity contribution in [2.45, 2.75) is 6.42 Å². The summed E-state index contributed by atoms with van der Waals surface area (Å²) < 4.78 is 0. The molecule has 21 heavy (non-hydrogen) atoms. The first-order valence-electron chi connectivity index (χ1n) is 6.76. The monoisotopic (exact) mass is 329 g/mol. The molecule has 114 valence electrons. The van der Waals surface area contributed by atoms with Crippen LogP contribution in [0.4, 0.5) is 5.69 Å². The van der Waals surface area contributed by atoms with E-state index in [-0.39, 0.29) is 5.91 Å². The molecule has 1 heterocycles. The van der Waals surface area contributed by atoms with Crippen LogP contribution in [0, 0.1) is 0 Å². The van der Waals surface area contributed by atoms with Gasteiger partial charge in [0.15, 0.2) is 0 Å². The van der Waals surface area contributed by atoms with Crippen LogP contribution >= 0.6 is 23.2 Å². The topological polar surface area (TPSA) is 52.7 Å². The lowest BCUT2D eigenvalue weighted by atomic mass is 10.2. The van der Waals surface area contributed by atoms with Crippen molar-refractivity contribution in [3.8, 4) is 0 Å². The van der Waals surface area contributed by atoms with Gasteiger partial charge in [-0.15, -0.1) is 0 Å². The van der Waals surface area contributed by atoms with Gasteiger partial charge in [-0.05, 0) is 18.2 Å². The summed E-state index contributed by atoms with van der Waals surface area (Å²) in [5, 5.41) is 4.28. The Morgan fingerprint density at radius 1 is 1.24 bits per heavy atom. The van der Waals surface area contributed by atoms with Crippen molar-refractivity contribution in [1.82, 2.24) is 9.80 Å². The zero-order chi connectivity index (χ0) is 15.2. The Balaban J connectivity index is 1.77. The van der Waals surface area contributed by atoms with Crippen LogP contribution in [0.3, 0.4) is 0 Å². The van der Waals surface area contributed by atoms with Gasteiger partial charge in [-0.25, -0.2) is 0 Å². The second-order valence-electron chi connectivity index (χ2n) is 4.82. The molecule has 1 fully saturated rings. The van der Waals surface area contributed by atoms with Gasteiger partial charge in [-0.2, -0.15) is 0 Å². The Hall–Kier alpha value is -1.46. The highest BCUT2D eigenvalue weighted by atomic mass is 35.5. The number of anilines is 1.